The summed E-state index contributed by atoms with van der Waals surface area (Å²) in [5.74, 6) is -4.07. The Morgan fingerprint density at radius 3 is 2.13 bits per heavy atom. The van der Waals surface area contributed by atoms with Gasteiger partial charge in [-0.2, -0.15) is 8.78 Å². The number of rotatable bonds is 3. The molecule has 6 heteroatoms. The van der Waals surface area contributed by atoms with Crippen LogP contribution in [-0.4, -0.2) is 30.1 Å². The van der Waals surface area contributed by atoms with Crippen LogP contribution in [0.2, 0.25) is 0 Å². The van der Waals surface area contributed by atoms with Crippen molar-refractivity contribution >= 4 is 0 Å². The first kappa shape index (κ1) is 12.7. The van der Waals surface area contributed by atoms with Crippen LogP contribution in [0.1, 0.15) is 25.7 Å². The van der Waals surface area contributed by atoms with E-state index < -0.39 is 30.4 Å². The summed E-state index contributed by atoms with van der Waals surface area (Å²) < 4.78 is 51.1. The van der Waals surface area contributed by atoms with E-state index in [1.807, 2.05) is 0 Å². The summed E-state index contributed by atoms with van der Waals surface area (Å²) >= 11 is 0. The van der Waals surface area contributed by atoms with Gasteiger partial charge in [0.05, 0.1) is 11.5 Å². The first-order valence-corrected chi connectivity index (χ1v) is 4.90. The van der Waals surface area contributed by atoms with E-state index in [0.29, 0.717) is 0 Å². The maximum atomic E-state index is 13.3. The maximum absolute atomic E-state index is 13.3. The smallest absolute Gasteiger partial charge is 0.314 e. The van der Waals surface area contributed by atoms with Crippen LogP contribution in [0.25, 0.3) is 0 Å². The van der Waals surface area contributed by atoms with Gasteiger partial charge in [-0.25, -0.2) is 8.78 Å². The fraction of sp³-hybridized carbons (Fsp3) is 1.00. The molecule has 1 rings (SSSR count). The van der Waals surface area contributed by atoms with Crippen LogP contribution < -0.4 is 5.73 Å². The van der Waals surface area contributed by atoms with E-state index in [-0.39, 0.29) is 25.7 Å². The van der Waals surface area contributed by atoms with E-state index >= 15 is 0 Å². The number of alkyl halides is 4. The van der Waals surface area contributed by atoms with E-state index in [1.165, 1.54) is 0 Å². The van der Waals surface area contributed by atoms with Gasteiger partial charge in [-0.15, -0.1) is 0 Å². The van der Waals surface area contributed by atoms with Gasteiger partial charge in [0.25, 0.3) is 0 Å². The van der Waals surface area contributed by atoms with Gasteiger partial charge < -0.3 is 10.8 Å². The van der Waals surface area contributed by atoms with E-state index in [1.54, 1.807) is 0 Å². The first-order chi connectivity index (χ1) is 6.85. The molecule has 0 bridgehead atoms. The molecule has 0 amide bonds. The summed E-state index contributed by atoms with van der Waals surface area (Å²) in [6, 6.07) is 0. The topological polar surface area (TPSA) is 46.2 Å². The molecule has 0 aliphatic heterocycles. The molecular formula is C9H15F4NO. The van der Waals surface area contributed by atoms with Crippen LogP contribution >= 0.6 is 0 Å². The van der Waals surface area contributed by atoms with Crippen LogP contribution in [0, 0.1) is 5.41 Å². The van der Waals surface area contributed by atoms with Crippen molar-refractivity contribution in [2.45, 2.75) is 44.1 Å². The molecule has 1 aliphatic rings. The quantitative estimate of drug-likeness (QED) is 0.724. The van der Waals surface area contributed by atoms with Crippen molar-refractivity contribution < 1.29 is 22.7 Å². The van der Waals surface area contributed by atoms with E-state index in [2.05, 4.69) is 0 Å². The summed E-state index contributed by atoms with van der Waals surface area (Å²) in [6.45, 7) is -0.475. The third-order valence-electron chi connectivity index (χ3n) is 3.28. The molecule has 2 nitrogen and oxygen atoms in total. The Morgan fingerprint density at radius 1 is 1.33 bits per heavy atom. The highest BCUT2D eigenvalue weighted by molar-refractivity contribution is 4.98. The highest BCUT2D eigenvalue weighted by Gasteiger charge is 2.59. The van der Waals surface area contributed by atoms with Gasteiger partial charge in [-0.05, 0) is 25.7 Å². The van der Waals surface area contributed by atoms with Crippen molar-refractivity contribution in [1.82, 2.24) is 0 Å². The minimum atomic E-state index is -4.07. The van der Waals surface area contributed by atoms with Gasteiger partial charge in [0.2, 0.25) is 0 Å². The van der Waals surface area contributed by atoms with Gasteiger partial charge in [0.15, 0.2) is 0 Å². The summed E-state index contributed by atoms with van der Waals surface area (Å²) in [5, 5.41) is 9.17. The van der Waals surface area contributed by atoms with Crippen molar-refractivity contribution in [3.05, 3.63) is 0 Å². The highest BCUT2D eigenvalue weighted by atomic mass is 19.3. The van der Waals surface area contributed by atoms with Crippen LogP contribution in [0.3, 0.4) is 0 Å². The summed E-state index contributed by atoms with van der Waals surface area (Å²) in [7, 11) is 0. The fourth-order valence-electron chi connectivity index (χ4n) is 2.06. The zero-order chi connectivity index (χ0) is 11.7. The monoisotopic (exact) mass is 229 g/mol. The Kier molecular flexibility index (Phi) is 3.60. The molecule has 0 atom stereocenters. The lowest BCUT2D eigenvalue weighted by Gasteiger charge is -2.43. The third kappa shape index (κ3) is 2.10. The number of nitrogens with two attached hydrogens (primary N) is 1. The second-order valence-corrected chi connectivity index (χ2v) is 4.14. The molecular weight excluding hydrogens is 214 g/mol. The lowest BCUT2D eigenvalue weighted by Crippen LogP contribution is -2.53. The zero-order valence-corrected chi connectivity index (χ0v) is 8.23. The molecule has 0 aromatic heterocycles. The van der Waals surface area contributed by atoms with Gasteiger partial charge in [0.1, 0.15) is 0 Å². The van der Waals surface area contributed by atoms with Crippen LogP contribution in [0.4, 0.5) is 17.6 Å². The number of aliphatic hydroxyl groups is 1. The van der Waals surface area contributed by atoms with E-state index in [0.717, 1.165) is 0 Å². The van der Waals surface area contributed by atoms with Crippen LogP contribution in [0.5, 0.6) is 0 Å². The Morgan fingerprint density at radius 2 is 1.80 bits per heavy atom. The predicted molar refractivity (Wildman–Crippen MR) is 46.9 cm³/mol. The number of hydrogen-bond donors (Lipinski definition) is 2. The van der Waals surface area contributed by atoms with Crippen molar-refractivity contribution in [3.8, 4) is 0 Å². The molecule has 0 radical (unpaired) electrons. The van der Waals surface area contributed by atoms with Crippen molar-refractivity contribution in [2.75, 3.05) is 6.54 Å². The summed E-state index contributed by atoms with van der Waals surface area (Å²) in [4.78, 5) is 0. The number of hydrogen-bond acceptors (Lipinski definition) is 2. The minimum Gasteiger partial charge on any atom is -0.393 e. The molecule has 0 saturated heterocycles. The Balaban J connectivity index is 2.85. The average Bonchev–Trinajstić information content (AvgIpc) is 2.19. The average molecular weight is 229 g/mol. The van der Waals surface area contributed by atoms with Crippen LogP contribution in [-0.2, 0) is 0 Å². The molecule has 3 N–H and O–H groups in total. The normalized spacial score (nSPS) is 33.4. The first-order valence-electron chi connectivity index (χ1n) is 4.90. The van der Waals surface area contributed by atoms with Gasteiger partial charge in [-0.3, -0.25) is 0 Å². The molecule has 0 aromatic carbocycles. The van der Waals surface area contributed by atoms with Crippen LogP contribution in [0.15, 0.2) is 0 Å². The van der Waals surface area contributed by atoms with Crippen molar-refractivity contribution in [3.63, 3.8) is 0 Å². The van der Waals surface area contributed by atoms with Crippen molar-refractivity contribution in [1.29, 1.82) is 0 Å². The maximum Gasteiger partial charge on any atom is 0.314 e. The molecule has 1 saturated carbocycles. The zero-order valence-electron chi connectivity index (χ0n) is 8.23. The van der Waals surface area contributed by atoms with Crippen molar-refractivity contribution in [2.24, 2.45) is 11.1 Å². The molecule has 15 heavy (non-hydrogen) atoms. The fourth-order valence-corrected chi connectivity index (χ4v) is 2.06. The molecule has 1 fully saturated rings. The van der Waals surface area contributed by atoms with Gasteiger partial charge in [-0.1, -0.05) is 0 Å². The van der Waals surface area contributed by atoms with Gasteiger partial charge >= 0.3 is 12.3 Å². The summed E-state index contributed by atoms with van der Waals surface area (Å²) in [5.41, 5.74) is 3.37. The van der Waals surface area contributed by atoms with E-state index in [4.69, 9.17) is 10.8 Å². The predicted octanol–water partition coefficient (Wildman–Crippen LogP) is 1.77. The molecule has 0 heterocycles. The van der Waals surface area contributed by atoms with E-state index in [9.17, 15) is 17.6 Å². The third-order valence-corrected chi connectivity index (χ3v) is 3.28. The SMILES string of the molecule is NCC1(C(F)(F)C(F)F)CCC(O)CC1. The Hall–Kier alpha value is -0.360. The lowest BCUT2D eigenvalue weighted by molar-refractivity contribution is -0.218. The molecule has 0 aromatic rings. The molecule has 0 spiro atoms. The second kappa shape index (κ2) is 4.25. The Labute approximate surface area is 85.4 Å². The highest BCUT2D eigenvalue weighted by Crippen LogP contribution is 2.50. The Bertz CT molecular complexity index is 214. The largest absolute Gasteiger partial charge is 0.393 e. The lowest BCUT2D eigenvalue weighted by atomic mass is 9.69. The standard InChI is InChI=1S/C9H15F4NO/c10-7(11)9(12,13)8(5-14)3-1-6(15)2-4-8/h6-7,15H,1-5,14H2. The van der Waals surface area contributed by atoms with Gasteiger partial charge in [0, 0.05) is 6.54 Å². The number of halogens is 4. The molecule has 0 unspecified atom stereocenters. The minimum absolute atomic E-state index is 0.111. The molecule has 1 aliphatic carbocycles. The summed E-state index contributed by atoms with van der Waals surface area (Å²) in [6.07, 6.45) is -4.45. The number of aliphatic hydroxyl groups excluding tert-OH is 1. The molecule has 90 valence electrons. The second-order valence-electron chi connectivity index (χ2n) is 4.14.